The van der Waals surface area contributed by atoms with Gasteiger partial charge in [0.1, 0.15) is 0 Å². The maximum absolute atomic E-state index is 12.0. The molecule has 5 nitrogen and oxygen atoms in total. The molecule has 0 spiro atoms. The molecule has 1 heterocycles. The van der Waals surface area contributed by atoms with Crippen molar-refractivity contribution in [2.75, 3.05) is 20.1 Å². The van der Waals surface area contributed by atoms with Gasteiger partial charge in [0.05, 0.1) is 0 Å². The minimum atomic E-state index is 0.261. The second-order valence-electron chi connectivity index (χ2n) is 7.79. The molecule has 0 radical (unpaired) electrons. The summed E-state index contributed by atoms with van der Waals surface area (Å²) in [5.41, 5.74) is 6.34. The van der Waals surface area contributed by atoms with Crippen LogP contribution in [0.4, 0.5) is 0 Å². The summed E-state index contributed by atoms with van der Waals surface area (Å²) in [7, 11) is 1.79. The van der Waals surface area contributed by atoms with Crippen LogP contribution < -0.4 is 10.6 Å². The quantitative estimate of drug-likeness (QED) is 0.561. The third-order valence-electron chi connectivity index (χ3n) is 5.31. The summed E-state index contributed by atoms with van der Waals surface area (Å²) in [6.45, 7) is 7.33. The van der Waals surface area contributed by atoms with E-state index in [0.29, 0.717) is 19.5 Å². The van der Waals surface area contributed by atoms with E-state index < -0.39 is 0 Å². The van der Waals surface area contributed by atoms with Gasteiger partial charge in [-0.3, -0.25) is 9.79 Å². The van der Waals surface area contributed by atoms with Gasteiger partial charge in [-0.15, -0.1) is 0 Å². The van der Waals surface area contributed by atoms with Crippen LogP contribution in [0.25, 0.3) is 0 Å². The first kappa shape index (κ1) is 20.9. The predicted molar refractivity (Wildman–Crippen MR) is 119 cm³/mol. The number of carbonyl (C=O) groups excluding carboxylic acids is 1. The van der Waals surface area contributed by atoms with Crippen molar-refractivity contribution in [2.24, 2.45) is 4.99 Å². The molecule has 1 aliphatic heterocycles. The Morgan fingerprint density at radius 3 is 2.45 bits per heavy atom. The molecule has 2 aromatic carbocycles. The van der Waals surface area contributed by atoms with Crippen LogP contribution in [0.3, 0.4) is 0 Å². The molecule has 29 heavy (non-hydrogen) atoms. The fraction of sp³-hybridized carbons (Fsp3) is 0.417. The molecule has 3 rings (SSSR count). The van der Waals surface area contributed by atoms with Crippen LogP contribution in [0, 0.1) is 13.8 Å². The third-order valence-corrected chi connectivity index (χ3v) is 5.31. The van der Waals surface area contributed by atoms with Crippen LogP contribution in [0.15, 0.2) is 47.5 Å². The Morgan fingerprint density at radius 2 is 1.79 bits per heavy atom. The normalized spacial score (nSPS) is 14.4. The van der Waals surface area contributed by atoms with Crippen molar-refractivity contribution < 1.29 is 4.79 Å². The molecule has 0 atom stereocenters. The fourth-order valence-electron chi connectivity index (χ4n) is 3.90. The highest BCUT2D eigenvalue weighted by Crippen LogP contribution is 2.17. The zero-order valence-electron chi connectivity index (χ0n) is 17.8. The van der Waals surface area contributed by atoms with E-state index in [1.807, 2.05) is 17.0 Å². The molecule has 1 fully saturated rings. The lowest BCUT2D eigenvalue weighted by molar-refractivity contribution is -0.128. The van der Waals surface area contributed by atoms with Crippen molar-refractivity contribution in [3.8, 4) is 0 Å². The minimum Gasteiger partial charge on any atom is -0.356 e. The van der Waals surface area contributed by atoms with Gasteiger partial charge in [0.15, 0.2) is 5.96 Å². The van der Waals surface area contributed by atoms with Crippen LogP contribution in [-0.2, 0) is 24.3 Å². The lowest BCUT2D eigenvalue weighted by Crippen LogP contribution is -2.38. The lowest BCUT2D eigenvalue weighted by atomic mass is 10.1. The average Bonchev–Trinajstić information content (AvgIpc) is 3.09. The average molecular weight is 393 g/mol. The summed E-state index contributed by atoms with van der Waals surface area (Å²) in [4.78, 5) is 18.3. The second kappa shape index (κ2) is 10.1. The number of nitrogens with zero attached hydrogens (tertiary/aromatic N) is 2. The third kappa shape index (κ3) is 6.08. The standard InChI is InChI=1S/C24H32N4O/c1-18-13-19(2)15-20(14-18)10-11-26-24(25-3)27-16-21-7-4-5-8-22(21)17-28-12-6-9-23(28)29/h4-5,7-8,13-15H,6,9-12,16-17H2,1-3H3,(H2,25,26,27). The Hall–Kier alpha value is -2.82. The topological polar surface area (TPSA) is 56.7 Å². The molecular formula is C24H32N4O. The summed E-state index contributed by atoms with van der Waals surface area (Å²) in [5.74, 6) is 1.05. The molecule has 1 amide bonds. The Morgan fingerprint density at radius 1 is 1.07 bits per heavy atom. The maximum Gasteiger partial charge on any atom is 0.222 e. The van der Waals surface area contributed by atoms with Gasteiger partial charge in [-0.1, -0.05) is 53.6 Å². The molecule has 0 bridgehead atoms. The largest absolute Gasteiger partial charge is 0.356 e. The highest BCUT2D eigenvalue weighted by molar-refractivity contribution is 5.79. The van der Waals surface area contributed by atoms with Crippen LogP contribution in [-0.4, -0.2) is 36.9 Å². The maximum atomic E-state index is 12.0. The molecule has 1 saturated heterocycles. The minimum absolute atomic E-state index is 0.261. The van der Waals surface area contributed by atoms with Gasteiger partial charge < -0.3 is 15.5 Å². The molecule has 0 unspecified atom stereocenters. The van der Waals surface area contributed by atoms with E-state index in [1.54, 1.807) is 7.05 Å². The summed E-state index contributed by atoms with van der Waals surface area (Å²) < 4.78 is 0. The number of rotatable bonds is 7. The van der Waals surface area contributed by atoms with Crippen LogP contribution in [0.5, 0.6) is 0 Å². The highest BCUT2D eigenvalue weighted by Gasteiger charge is 2.20. The summed E-state index contributed by atoms with van der Waals surface area (Å²) in [5, 5.41) is 6.81. The van der Waals surface area contributed by atoms with Crippen LogP contribution in [0.2, 0.25) is 0 Å². The van der Waals surface area contributed by atoms with Crippen molar-refractivity contribution in [3.63, 3.8) is 0 Å². The summed E-state index contributed by atoms with van der Waals surface area (Å²) >= 11 is 0. The Kier molecular flexibility index (Phi) is 7.28. The number of nitrogens with one attached hydrogen (secondary N) is 2. The van der Waals surface area contributed by atoms with E-state index in [-0.39, 0.29) is 5.91 Å². The van der Waals surface area contributed by atoms with E-state index in [9.17, 15) is 4.79 Å². The van der Waals surface area contributed by atoms with E-state index >= 15 is 0 Å². The van der Waals surface area contributed by atoms with Gasteiger partial charge in [-0.25, -0.2) is 0 Å². The molecule has 2 aromatic rings. The van der Waals surface area contributed by atoms with Gasteiger partial charge in [0, 0.05) is 39.6 Å². The summed E-state index contributed by atoms with van der Waals surface area (Å²) in [6.07, 6.45) is 2.60. The molecule has 0 aromatic heterocycles. The van der Waals surface area contributed by atoms with E-state index in [1.165, 1.54) is 27.8 Å². The number of aliphatic imine (C=N–C) groups is 1. The Balaban J connectivity index is 1.52. The van der Waals surface area contributed by atoms with E-state index in [2.05, 4.69) is 59.8 Å². The molecule has 2 N–H and O–H groups in total. The van der Waals surface area contributed by atoms with Crippen molar-refractivity contribution in [2.45, 2.75) is 46.2 Å². The van der Waals surface area contributed by atoms with Gasteiger partial charge >= 0.3 is 0 Å². The monoisotopic (exact) mass is 392 g/mol. The zero-order valence-corrected chi connectivity index (χ0v) is 17.8. The van der Waals surface area contributed by atoms with Gasteiger partial charge in [-0.2, -0.15) is 0 Å². The second-order valence-corrected chi connectivity index (χ2v) is 7.79. The van der Waals surface area contributed by atoms with Crippen LogP contribution >= 0.6 is 0 Å². The van der Waals surface area contributed by atoms with Crippen LogP contribution in [0.1, 0.15) is 40.7 Å². The van der Waals surface area contributed by atoms with Gasteiger partial charge in [0.2, 0.25) is 5.91 Å². The molecule has 154 valence electrons. The first-order valence-corrected chi connectivity index (χ1v) is 10.4. The zero-order chi connectivity index (χ0) is 20.6. The lowest BCUT2D eigenvalue weighted by Gasteiger charge is -2.19. The van der Waals surface area contributed by atoms with E-state index in [0.717, 1.165) is 31.9 Å². The first-order chi connectivity index (χ1) is 14.0. The number of benzene rings is 2. The van der Waals surface area contributed by atoms with Crippen molar-refractivity contribution in [3.05, 3.63) is 70.3 Å². The molecule has 0 aliphatic carbocycles. The number of likely N-dealkylation sites (tertiary alicyclic amines) is 1. The molecule has 5 heteroatoms. The number of guanidine groups is 1. The number of carbonyl (C=O) groups is 1. The Labute approximate surface area is 174 Å². The summed E-state index contributed by atoms with van der Waals surface area (Å²) in [6, 6.07) is 15.0. The molecule has 1 aliphatic rings. The van der Waals surface area contributed by atoms with Gasteiger partial charge in [-0.05, 0) is 43.4 Å². The number of aryl methyl sites for hydroxylation is 2. The predicted octanol–water partition coefficient (Wildman–Crippen LogP) is 3.33. The molecule has 0 saturated carbocycles. The van der Waals surface area contributed by atoms with Crippen molar-refractivity contribution >= 4 is 11.9 Å². The first-order valence-electron chi connectivity index (χ1n) is 10.4. The SMILES string of the molecule is CN=C(NCCc1cc(C)cc(C)c1)NCc1ccccc1CN1CCCC1=O. The number of amides is 1. The van der Waals surface area contributed by atoms with E-state index in [4.69, 9.17) is 0 Å². The molecular weight excluding hydrogens is 360 g/mol. The van der Waals surface area contributed by atoms with Gasteiger partial charge in [0.25, 0.3) is 0 Å². The van der Waals surface area contributed by atoms with Crippen molar-refractivity contribution in [1.82, 2.24) is 15.5 Å². The number of hydrogen-bond donors (Lipinski definition) is 2. The number of hydrogen-bond acceptors (Lipinski definition) is 2. The smallest absolute Gasteiger partial charge is 0.222 e. The highest BCUT2D eigenvalue weighted by atomic mass is 16.2. The fourth-order valence-corrected chi connectivity index (χ4v) is 3.90. The van der Waals surface area contributed by atoms with Crippen molar-refractivity contribution in [1.29, 1.82) is 0 Å². The Bertz CT molecular complexity index is 855.